The minimum atomic E-state index is -0.846. The monoisotopic (exact) mass is 400 g/mol. The molecule has 2 atom stereocenters. The molecule has 2 aliphatic rings. The minimum Gasteiger partial charge on any atom is -0.345 e. The first-order chi connectivity index (χ1) is 13.2. The van der Waals surface area contributed by atoms with Crippen LogP contribution in [0.3, 0.4) is 0 Å². The molecule has 1 aliphatic heterocycles. The SMILES string of the molecule is C#C[C@H](Nc1nc(C(C)(C)C)cs1)C(=O)N1CCC[C@H]1C(=O)NC1(C=C)CC1. The average Bonchev–Trinajstić information content (AvgIpc) is 3.06. The summed E-state index contributed by atoms with van der Waals surface area (Å²) in [5.74, 6) is 2.15. The molecule has 2 fully saturated rings. The van der Waals surface area contributed by atoms with E-state index in [0.29, 0.717) is 18.1 Å². The van der Waals surface area contributed by atoms with Crippen molar-refractivity contribution >= 4 is 28.3 Å². The van der Waals surface area contributed by atoms with Crippen molar-refractivity contribution in [2.45, 2.75) is 69.5 Å². The largest absolute Gasteiger partial charge is 0.345 e. The summed E-state index contributed by atoms with van der Waals surface area (Å²) in [4.78, 5) is 31.9. The van der Waals surface area contributed by atoms with Crippen LogP contribution in [0.1, 0.15) is 52.1 Å². The summed E-state index contributed by atoms with van der Waals surface area (Å²) >= 11 is 1.43. The molecule has 0 unspecified atom stereocenters. The molecule has 1 saturated carbocycles. The molecule has 1 aromatic heterocycles. The van der Waals surface area contributed by atoms with Gasteiger partial charge in [0.05, 0.1) is 11.2 Å². The summed E-state index contributed by atoms with van der Waals surface area (Å²) in [6, 6.07) is -1.33. The van der Waals surface area contributed by atoms with Crippen molar-refractivity contribution in [1.29, 1.82) is 0 Å². The van der Waals surface area contributed by atoms with E-state index in [-0.39, 0.29) is 22.8 Å². The van der Waals surface area contributed by atoms with Crippen LogP contribution < -0.4 is 10.6 Å². The predicted octanol–water partition coefficient (Wildman–Crippen LogP) is 2.68. The summed E-state index contributed by atoms with van der Waals surface area (Å²) in [5, 5.41) is 8.68. The van der Waals surface area contributed by atoms with Gasteiger partial charge < -0.3 is 15.5 Å². The minimum absolute atomic E-state index is 0.0753. The van der Waals surface area contributed by atoms with Gasteiger partial charge in [0, 0.05) is 17.3 Å². The highest BCUT2D eigenvalue weighted by molar-refractivity contribution is 7.13. The Morgan fingerprint density at radius 3 is 2.75 bits per heavy atom. The third kappa shape index (κ3) is 4.22. The molecular formula is C21H28N4O2S. The van der Waals surface area contributed by atoms with Crippen molar-refractivity contribution in [3.63, 3.8) is 0 Å². The Labute approximate surface area is 170 Å². The van der Waals surface area contributed by atoms with E-state index in [1.165, 1.54) is 11.3 Å². The van der Waals surface area contributed by atoms with Crippen LogP contribution in [0, 0.1) is 12.3 Å². The molecule has 0 radical (unpaired) electrons. The smallest absolute Gasteiger partial charge is 0.258 e. The van der Waals surface area contributed by atoms with Gasteiger partial charge in [0.2, 0.25) is 5.91 Å². The van der Waals surface area contributed by atoms with Crippen LogP contribution in [0.5, 0.6) is 0 Å². The lowest BCUT2D eigenvalue weighted by atomic mass is 9.93. The first kappa shape index (κ1) is 20.4. The number of terminal acetylenes is 1. The van der Waals surface area contributed by atoms with Gasteiger partial charge in [-0.05, 0) is 25.7 Å². The lowest BCUT2D eigenvalue weighted by Crippen LogP contribution is -2.52. The number of hydrogen-bond acceptors (Lipinski definition) is 5. The zero-order valence-electron chi connectivity index (χ0n) is 16.7. The van der Waals surface area contributed by atoms with E-state index in [9.17, 15) is 9.59 Å². The molecule has 1 saturated heterocycles. The predicted molar refractivity (Wildman–Crippen MR) is 112 cm³/mol. The van der Waals surface area contributed by atoms with E-state index >= 15 is 0 Å². The number of nitrogens with zero attached hydrogens (tertiary/aromatic N) is 2. The molecule has 150 valence electrons. The van der Waals surface area contributed by atoms with Crippen LogP contribution in [-0.2, 0) is 15.0 Å². The molecule has 1 aromatic rings. The molecule has 7 heteroatoms. The van der Waals surface area contributed by atoms with Gasteiger partial charge in [0.15, 0.2) is 11.2 Å². The fourth-order valence-electron chi connectivity index (χ4n) is 3.30. The normalized spacial score (nSPS) is 21.5. The maximum atomic E-state index is 13.0. The number of carbonyl (C=O) groups is 2. The fraction of sp³-hybridized carbons (Fsp3) is 0.571. The highest BCUT2D eigenvalue weighted by Crippen LogP contribution is 2.37. The molecule has 0 bridgehead atoms. The van der Waals surface area contributed by atoms with E-state index in [0.717, 1.165) is 25.0 Å². The van der Waals surface area contributed by atoms with Crippen molar-refractivity contribution in [3.8, 4) is 12.3 Å². The second-order valence-corrected chi connectivity index (χ2v) is 9.43. The quantitative estimate of drug-likeness (QED) is 0.569. The molecule has 2 heterocycles. The first-order valence-corrected chi connectivity index (χ1v) is 10.5. The van der Waals surface area contributed by atoms with E-state index < -0.39 is 12.1 Å². The molecule has 1 aliphatic carbocycles. The van der Waals surface area contributed by atoms with Crippen molar-refractivity contribution in [2.75, 3.05) is 11.9 Å². The molecule has 28 heavy (non-hydrogen) atoms. The van der Waals surface area contributed by atoms with Crippen LogP contribution >= 0.6 is 11.3 Å². The Balaban J connectivity index is 1.68. The van der Waals surface area contributed by atoms with Gasteiger partial charge in [-0.3, -0.25) is 9.59 Å². The highest BCUT2D eigenvalue weighted by atomic mass is 32.1. The number of nitrogens with one attached hydrogen (secondary N) is 2. The van der Waals surface area contributed by atoms with Crippen molar-refractivity contribution in [2.24, 2.45) is 0 Å². The number of rotatable bonds is 6. The molecule has 6 nitrogen and oxygen atoms in total. The molecule has 2 N–H and O–H groups in total. The van der Waals surface area contributed by atoms with Gasteiger partial charge in [-0.25, -0.2) is 4.98 Å². The van der Waals surface area contributed by atoms with Gasteiger partial charge in [-0.15, -0.1) is 24.3 Å². The van der Waals surface area contributed by atoms with E-state index in [1.54, 1.807) is 11.0 Å². The van der Waals surface area contributed by atoms with Crippen LogP contribution in [0.15, 0.2) is 18.0 Å². The maximum Gasteiger partial charge on any atom is 0.258 e. The number of carbonyl (C=O) groups excluding carboxylic acids is 2. The van der Waals surface area contributed by atoms with Gasteiger partial charge >= 0.3 is 0 Å². The van der Waals surface area contributed by atoms with E-state index in [4.69, 9.17) is 6.42 Å². The van der Waals surface area contributed by atoms with E-state index in [1.807, 2.05) is 5.38 Å². The van der Waals surface area contributed by atoms with Crippen molar-refractivity contribution in [3.05, 3.63) is 23.7 Å². The standard InChI is InChI=1S/C21H28N4O2S/c1-6-14(22-19-23-16(13-28-19)20(3,4)5)18(27)25-12-8-9-15(25)17(26)24-21(7-2)10-11-21/h1,7,13-15H,2,8-12H2,3-5H3,(H,22,23)(H,24,26)/t14-,15-/m0/s1. The van der Waals surface area contributed by atoms with Gasteiger partial charge in [0.25, 0.3) is 5.91 Å². The number of anilines is 1. The average molecular weight is 401 g/mol. The number of amides is 2. The fourth-order valence-corrected chi connectivity index (χ4v) is 4.26. The van der Waals surface area contributed by atoms with Gasteiger partial charge in [0.1, 0.15) is 6.04 Å². The number of hydrogen-bond donors (Lipinski definition) is 2. The van der Waals surface area contributed by atoms with Crippen LogP contribution in [-0.4, -0.2) is 45.9 Å². The third-order valence-corrected chi connectivity index (χ3v) is 6.12. The second kappa shape index (κ2) is 7.59. The Hall–Kier alpha value is -2.33. The highest BCUT2D eigenvalue weighted by Gasteiger charge is 2.44. The molecular weight excluding hydrogens is 372 g/mol. The zero-order valence-corrected chi connectivity index (χ0v) is 17.6. The summed E-state index contributed by atoms with van der Waals surface area (Å²) in [6.07, 6.45) is 10.7. The Kier molecular flexibility index (Phi) is 5.53. The molecule has 0 spiro atoms. The summed E-state index contributed by atoms with van der Waals surface area (Å²) < 4.78 is 0. The number of thiazole rings is 1. The lowest BCUT2D eigenvalue weighted by Gasteiger charge is -2.27. The summed E-state index contributed by atoms with van der Waals surface area (Å²) in [5.41, 5.74) is 0.581. The number of likely N-dealkylation sites (tertiary alicyclic amines) is 1. The molecule has 2 amide bonds. The topological polar surface area (TPSA) is 74.3 Å². The maximum absolute atomic E-state index is 13.0. The van der Waals surface area contributed by atoms with Crippen molar-refractivity contribution in [1.82, 2.24) is 15.2 Å². The zero-order chi connectivity index (χ0) is 20.5. The van der Waals surface area contributed by atoms with Crippen LogP contribution in [0.4, 0.5) is 5.13 Å². The third-order valence-electron chi connectivity index (χ3n) is 5.34. The summed E-state index contributed by atoms with van der Waals surface area (Å²) in [6.45, 7) is 10.6. The Morgan fingerprint density at radius 1 is 1.50 bits per heavy atom. The van der Waals surface area contributed by atoms with Crippen molar-refractivity contribution < 1.29 is 9.59 Å². The number of aromatic nitrogens is 1. The Bertz CT molecular complexity index is 813. The van der Waals surface area contributed by atoms with E-state index in [2.05, 4.69) is 48.9 Å². The molecule has 0 aromatic carbocycles. The van der Waals surface area contributed by atoms with Crippen LogP contribution in [0.2, 0.25) is 0 Å². The molecule has 3 rings (SSSR count). The first-order valence-electron chi connectivity index (χ1n) is 9.64. The second-order valence-electron chi connectivity index (χ2n) is 8.57. The summed E-state index contributed by atoms with van der Waals surface area (Å²) in [7, 11) is 0. The lowest BCUT2D eigenvalue weighted by molar-refractivity contribution is -0.138. The Morgan fingerprint density at radius 2 is 2.21 bits per heavy atom. The van der Waals surface area contributed by atoms with Gasteiger partial charge in [-0.1, -0.05) is 32.8 Å². The van der Waals surface area contributed by atoms with Crippen LogP contribution in [0.25, 0.3) is 0 Å². The van der Waals surface area contributed by atoms with Gasteiger partial charge in [-0.2, -0.15) is 0 Å².